The minimum Gasteiger partial charge on any atom is -0.415 e. The van der Waals surface area contributed by atoms with Crippen molar-refractivity contribution < 1.29 is 13.2 Å². The SMILES string of the molecule is Cc1ccccc1C1(Cc2ncc(-c3nnc(C(F)F)o3)cn2)CCC1. The Morgan fingerprint density at radius 3 is 2.42 bits per heavy atom. The number of rotatable bonds is 5. The Labute approximate surface area is 149 Å². The summed E-state index contributed by atoms with van der Waals surface area (Å²) in [6.07, 6.45) is 4.50. The lowest BCUT2D eigenvalue weighted by Crippen LogP contribution is -2.37. The molecule has 0 radical (unpaired) electrons. The van der Waals surface area contributed by atoms with Gasteiger partial charge in [-0.1, -0.05) is 30.7 Å². The average molecular weight is 356 g/mol. The highest BCUT2D eigenvalue weighted by Crippen LogP contribution is 2.46. The number of halogens is 2. The summed E-state index contributed by atoms with van der Waals surface area (Å²) in [5.74, 6) is 0.0338. The summed E-state index contributed by atoms with van der Waals surface area (Å²) in [4.78, 5) is 8.81. The molecule has 0 atom stereocenters. The molecule has 26 heavy (non-hydrogen) atoms. The largest absolute Gasteiger partial charge is 0.415 e. The van der Waals surface area contributed by atoms with Gasteiger partial charge in [0.05, 0.1) is 5.56 Å². The van der Waals surface area contributed by atoms with Gasteiger partial charge in [0.2, 0.25) is 0 Å². The Bertz CT molecular complexity index is 904. The van der Waals surface area contributed by atoms with Crippen LogP contribution in [0.3, 0.4) is 0 Å². The molecule has 0 unspecified atom stereocenters. The molecule has 0 amide bonds. The molecule has 0 bridgehead atoms. The van der Waals surface area contributed by atoms with Crippen LogP contribution in [0.2, 0.25) is 0 Å². The van der Waals surface area contributed by atoms with Gasteiger partial charge in [0.1, 0.15) is 5.82 Å². The van der Waals surface area contributed by atoms with Crippen LogP contribution in [0.4, 0.5) is 8.78 Å². The van der Waals surface area contributed by atoms with Crippen molar-refractivity contribution in [2.24, 2.45) is 0 Å². The molecule has 4 rings (SSSR count). The highest BCUT2D eigenvalue weighted by atomic mass is 19.3. The summed E-state index contributed by atoms with van der Waals surface area (Å²) in [5, 5.41) is 6.95. The molecule has 3 aromatic rings. The molecule has 1 saturated carbocycles. The summed E-state index contributed by atoms with van der Waals surface area (Å²) in [6, 6.07) is 8.44. The van der Waals surface area contributed by atoms with Gasteiger partial charge in [0.25, 0.3) is 11.8 Å². The minimum atomic E-state index is -2.79. The molecule has 0 N–H and O–H groups in total. The van der Waals surface area contributed by atoms with Crippen LogP contribution >= 0.6 is 0 Å². The third kappa shape index (κ3) is 2.98. The van der Waals surface area contributed by atoms with Crippen LogP contribution in [-0.4, -0.2) is 20.2 Å². The molecule has 134 valence electrons. The van der Waals surface area contributed by atoms with E-state index in [0.717, 1.165) is 25.1 Å². The lowest BCUT2D eigenvalue weighted by atomic mass is 9.61. The Morgan fingerprint density at radius 2 is 1.85 bits per heavy atom. The molecule has 2 heterocycles. The first kappa shape index (κ1) is 16.8. The van der Waals surface area contributed by atoms with Crippen molar-refractivity contribution in [2.45, 2.75) is 44.4 Å². The predicted molar refractivity (Wildman–Crippen MR) is 90.7 cm³/mol. The maximum atomic E-state index is 12.6. The zero-order valence-corrected chi connectivity index (χ0v) is 14.3. The third-order valence-corrected chi connectivity index (χ3v) is 5.10. The van der Waals surface area contributed by atoms with Crippen molar-refractivity contribution in [3.05, 3.63) is 59.5 Å². The maximum Gasteiger partial charge on any atom is 0.314 e. The number of aryl methyl sites for hydroxylation is 1. The van der Waals surface area contributed by atoms with Gasteiger partial charge in [-0.15, -0.1) is 10.2 Å². The summed E-state index contributed by atoms with van der Waals surface area (Å²) < 4.78 is 30.1. The van der Waals surface area contributed by atoms with Crippen LogP contribution in [0.1, 0.15) is 48.5 Å². The van der Waals surface area contributed by atoms with E-state index < -0.39 is 12.3 Å². The zero-order chi connectivity index (χ0) is 18.1. The topological polar surface area (TPSA) is 64.7 Å². The minimum absolute atomic E-state index is 0.00381. The molecule has 2 aromatic heterocycles. The molecule has 1 aromatic carbocycles. The van der Waals surface area contributed by atoms with E-state index in [1.54, 1.807) is 12.4 Å². The van der Waals surface area contributed by atoms with Crippen molar-refractivity contribution >= 4 is 0 Å². The third-order valence-electron chi connectivity index (χ3n) is 5.10. The van der Waals surface area contributed by atoms with Crippen molar-refractivity contribution in [1.29, 1.82) is 0 Å². The standard InChI is InChI=1S/C19H18F2N4O/c1-12-5-2-3-6-14(12)19(7-4-8-19)9-15-22-10-13(11-23-15)17-24-25-18(26-17)16(20)21/h2-3,5-6,10-11,16H,4,7-9H2,1H3. The normalized spacial score (nSPS) is 15.8. The molecular formula is C19H18F2N4O. The Morgan fingerprint density at radius 1 is 1.12 bits per heavy atom. The first-order valence-corrected chi connectivity index (χ1v) is 8.56. The van der Waals surface area contributed by atoms with Crippen LogP contribution in [0, 0.1) is 6.92 Å². The summed E-state index contributed by atoms with van der Waals surface area (Å²) in [5.41, 5.74) is 3.17. The van der Waals surface area contributed by atoms with Gasteiger partial charge in [-0.2, -0.15) is 8.78 Å². The van der Waals surface area contributed by atoms with Gasteiger partial charge >= 0.3 is 6.43 Å². The molecule has 1 aliphatic carbocycles. The van der Waals surface area contributed by atoms with E-state index in [9.17, 15) is 8.78 Å². The molecule has 0 saturated heterocycles. The summed E-state index contributed by atoms with van der Waals surface area (Å²) >= 11 is 0. The van der Waals surface area contributed by atoms with E-state index in [1.807, 2.05) is 0 Å². The van der Waals surface area contributed by atoms with Crippen LogP contribution < -0.4 is 0 Å². The predicted octanol–water partition coefficient (Wildman–Crippen LogP) is 4.44. The van der Waals surface area contributed by atoms with Crippen molar-refractivity contribution in [3.8, 4) is 11.5 Å². The lowest BCUT2D eigenvalue weighted by Gasteiger charge is -2.43. The fourth-order valence-electron chi connectivity index (χ4n) is 3.61. The van der Waals surface area contributed by atoms with Gasteiger partial charge in [-0.05, 0) is 30.9 Å². The molecule has 5 nitrogen and oxygen atoms in total. The highest BCUT2D eigenvalue weighted by molar-refractivity contribution is 5.49. The van der Waals surface area contributed by atoms with Crippen LogP contribution in [0.5, 0.6) is 0 Å². The number of alkyl halides is 2. The van der Waals surface area contributed by atoms with Crippen molar-refractivity contribution in [1.82, 2.24) is 20.2 Å². The molecular weight excluding hydrogens is 338 g/mol. The summed E-state index contributed by atoms with van der Waals surface area (Å²) in [7, 11) is 0. The van der Waals surface area contributed by atoms with E-state index in [1.165, 1.54) is 17.5 Å². The van der Waals surface area contributed by atoms with Crippen LogP contribution in [-0.2, 0) is 11.8 Å². The quantitative estimate of drug-likeness (QED) is 0.676. The number of hydrogen-bond donors (Lipinski definition) is 0. The number of hydrogen-bond acceptors (Lipinski definition) is 5. The second kappa shape index (κ2) is 6.55. The first-order chi connectivity index (χ1) is 12.6. The van der Waals surface area contributed by atoms with Crippen molar-refractivity contribution in [3.63, 3.8) is 0 Å². The second-order valence-electron chi connectivity index (χ2n) is 6.76. The molecule has 1 fully saturated rings. The van der Waals surface area contributed by atoms with Crippen molar-refractivity contribution in [2.75, 3.05) is 0 Å². The van der Waals surface area contributed by atoms with E-state index in [-0.39, 0.29) is 11.3 Å². The van der Waals surface area contributed by atoms with E-state index in [0.29, 0.717) is 5.56 Å². The summed E-state index contributed by atoms with van der Waals surface area (Å²) in [6.45, 7) is 2.13. The average Bonchev–Trinajstić information content (AvgIpc) is 3.10. The Kier molecular flexibility index (Phi) is 4.22. The van der Waals surface area contributed by atoms with E-state index in [2.05, 4.69) is 51.4 Å². The van der Waals surface area contributed by atoms with Gasteiger partial charge in [-0.25, -0.2) is 9.97 Å². The maximum absolute atomic E-state index is 12.6. The smallest absolute Gasteiger partial charge is 0.314 e. The fraction of sp³-hybridized carbons (Fsp3) is 0.368. The molecule has 0 spiro atoms. The molecule has 1 aliphatic rings. The molecule has 7 heteroatoms. The zero-order valence-electron chi connectivity index (χ0n) is 14.3. The Hall–Kier alpha value is -2.70. The number of aromatic nitrogens is 4. The van der Waals surface area contributed by atoms with Crippen LogP contribution in [0.15, 0.2) is 41.1 Å². The van der Waals surface area contributed by atoms with E-state index >= 15 is 0 Å². The van der Waals surface area contributed by atoms with Gasteiger partial charge in [-0.3, -0.25) is 0 Å². The van der Waals surface area contributed by atoms with E-state index in [4.69, 9.17) is 4.42 Å². The monoisotopic (exact) mass is 356 g/mol. The van der Waals surface area contributed by atoms with Gasteiger partial charge < -0.3 is 4.42 Å². The highest BCUT2D eigenvalue weighted by Gasteiger charge is 2.40. The lowest BCUT2D eigenvalue weighted by molar-refractivity contribution is 0.116. The van der Waals surface area contributed by atoms with Crippen LogP contribution in [0.25, 0.3) is 11.5 Å². The van der Waals surface area contributed by atoms with Gasteiger partial charge in [0, 0.05) is 24.2 Å². The number of benzene rings is 1. The van der Waals surface area contributed by atoms with Gasteiger partial charge in [0.15, 0.2) is 0 Å². The second-order valence-corrected chi connectivity index (χ2v) is 6.76. The number of nitrogens with zero attached hydrogens (tertiary/aromatic N) is 4. The molecule has 0 aliphatic heterocycles. The fourth-order valence-corrected chi connectivity index (χ4v) is 3.61. The first-order valence-electron chi connectivity index (χ1n) is 8.56. The Balaban J connectivity index is 1.56.